The number of hydrogen-bond acceptors (Lipinski definition) is 2. The molecule has 0 saturated carbocycles. The van der Waals surface area contributed by atoms with E-state index in [1.54, 1.807) is 0 Å². The number of ether oxygens (including phenoxy) is 1. The van der Waals surface area contributed by atoms with Gasteiger partial charge in [-0.05, 0) is 22.2 Å². The van der Waals surface area contributed by atoms with Crippen LogP contribution in [0.3, 0.4) is 0 Å². The predicted octanol–water partition coefficient (Wildman–Crippen LogP) is 2.99. The largest absolute Gasteiger partial charge is 0.573 e. The second-order valence-electron chi connectivity index (χ2n) is 2.45. The summed E-state index contributed by atoms with van der Waals surface area (Å²) in [5.41, 5.74) is 0.419. The summed E-state index contributed by atoms with van der Waals surface area (Å²) in [6.45, 7) is -0.299. The molecule has 0 atom stereocenters. The van der Waals surface area contributed by atoms with Crippen molar-refractivity contribution < 1.29 is 27.4 Å². The molecule has 2 nitrogen and oxygen atoms in total. The van der Waals surface area contributed by atoms with Crippen LogP contribution in [-0.4, -0.2) is 6.36 Å². The van der Waals surface area contributed by atoms with Crippen LogP contribution in [0, 0.1) is 0 Å². The highest BCUT2D eigenvalue weighted by Crippen LogP contribution is 2.22. The molecule has 1 aromatic carbocycles. The summed E-state index contributed by atoms with van der Waals surface area (Å²) in [6.07, 6.45) is -4.71. The van der Waals surface area contributed by atoms with Crippen molar-refractivity contribution in [3.63, 3.8) is 0 Å². The Labute approximate surface area is 77.0 Å². The first kappa shape index (κ1) is 10.8. The first-order valence-electron chi connectivity index (χ1n) is 3.59. The maximum Gasteiger partial charge on any atom is 0.573 e. The molecule has 0 aliphatic rings. The molecule has 6 heteroatoms. The lowest BCUT2D eigenvalue weighted by molar-refractivity contribution is -0.274. The van der Waals surface area contributed by atoms with Crippen molar-refractivity contribution in [2.45, 2.75) is 13.0 Å². The lowest BCUT2D eigenvalue weighted by Gasteiger charge is -2.08. The van der Waals surface area contributed by atoms with Gasteiger partial charge in [0, 0.05) is 0 Å². The Balaban J connectivity index is 2.64. The van der Waals surface area contributed by atoms with E-state index < -0.39 is 6.36 Å². The third-order valence-corrected chi connectivity index (χ3v) is 1.38. The van der Waals surface area contributed by atoms with Gasteiger partial charge in [-0.15, -0.1) is 13.2 Å². The molecular weight excluding hydrogens is 204 g/mol. The lowest BCUT2D eigenvalue weighted by Crippen LogP contribution is -2.17. The topological polar surface area (TPSA) is 18.5 Å². The van der Waals surface area contributed by atoms with E-state index in [1.165, 1.54) is 12.1 Å². The third kappa shape index (κ3) is 3.61. The highest BCUT2D eigenvalue weighted by atomic mass is 19.4. The third-order valence-electron chi connectivity index (χ3n) is 1.38. The molecule has 0 aliphatic heterocycles. The highest BCUT2D eigenvalue weighted by Gasteiger charge is 2.30. The fraction of sp³-hybridized carbons (Fsp3) is 0.250. The van der Waals surface area contributed by atoms with E-state index in [0.29, 0.717) is 5.56 Å². The molecule has 0 bridgehead atoms. The highest BCUT2D eigenvalue weighted by molar-refractivity contribution is 5.26. The van der Waals surface area contributed by atoms with E-state index in [-0.39, 0.29) is 12.4 Å². The monoisotopic (exact) mass is 210 g/mol. The molecule has 0 heterocycles. The fourth-order valence-corrected chi connectivity index (χ4v) is 0.850. The van der Waals surface area contributed by atoms with Gasteiger partial charge in [-0.3, -0.25) is 0 Å². The van der Waals surface area contributed by atoms with E-state index in [1.807, 2.05) is 0 Å². The van der Waals surface area contributed by atoms with Gasteiger partial charge in [0.15, 0.2) is 0 Å². The Morgan fingerprint density at radius 1 is 1.07 bits per heavy atom. The Morgan fingerprint density at radius 2 is 1.64 bits per heavy atom. The van der Waals surface area contributed by atoms with Crippen LogP contribution in [0.4, 0.5) is 17.7 Å². The van der Waals surface area contributed by atoms with Crippen molar-refractivity contribution in [2.24, 2.45) is 0 Å². The molecule has 0 aliphatic carbocycles. The van der Waals surface area contributed by atoms with E-state index in [4.69, 9.17) is 0 Å². The van der Waals surface area contributed by atoms with Gasteiger partial charge < -0.3 is 4.74 Å². The summed E-state index contributed by atoms with van der Waals surface area (Å²) >= 11 is 0. The molecule has 0 unspecified atom stereocenters. The zero-order chi connectivity index (χ0) is 10.6. The Bertz CT molecular complexity index is 280. The summed E-state index contributed by atoms with van der Waals surface area (Å²) in [6, 6.07) is 4.73. The van der Waals surface area contributed by atoms with Gasteiger partial charge in [0.05, 0.1) is 0 Å². The van der Waals surface area contributed by atoms with Gasteiger partial charge in [0.25, 0.3) is 0 Å². The average Bonchev–Trinajstić information content (AvgIpc) is 2.06. The summed E-state index contributed by atoms with van der Waals surface area (Å²) in [4.78, 5) is 3.31. The number of hydrogen-bond donors (Lipinski definition) is 0. The maximum atomic E-state index is 11.7. The maximum absolute atomic E-state index is 11.7. The molecule has 78 valence electrons. The molecule has 14 heavy (non-hydrogen) atoms. The summed E-state index contributed by atoms with van der Waals surface area (Å²) in [5, 5.41) is 0. The van der Waals surface area contributed by atoms with Crippen LogP contribution in [-0.2, 0) is 11.5 Å². The lowest BCUT2D eigenvalue weighted by atomic mass is 10.2. The summed E-state index contributed by atoms with van der Waals surface area (Å²) < 4.78 is 50.0. The summed E-state index contributed by atoms with van der Waals surface area (Å²) in [5.74, 6) is -0.347. The van der Waals surface area contributed by atoms with Crippen molar-refractivity contribution in [2.75, 3.05) is 0 Å². The van der Waals surface area contributed by atoms with Gasteiger partial charge >= 0.3 is 6.36 Å². The van der Waals surface area contributed by atoms with Crippen LogP contribution in [0.2, 0.25) is 0 Å². The average molecular weight is 210 g/mol. The molecule has 0 saturated heterocycles. The Kier molecular flexibility index (Phi) is 3.29. The zero-order valence-corrected chi connectivity index (χ0v) is 6.84. The van der Waals surface area contributed by atoms with Crippen LogP contribution in [0.25, 0.3) is 0 Å². The number of halogens is 4. The minimum absolute atomic E-state index is 0.299. The van der Waals surface area contributed by atoms with E-state index in [0.717, 1.165) is 12.1 Å². The zero-order valence-electron chi connectivity index (χ0n) is 6.84. The van der Waals surface area contributed by atoms with Crippen LogP contribution < -0.4 is 4.74 Å². The first-order chi connectivity index (χ1) is 6.51. The van der Waals surface area contributed by atoms with Crippen molar-refractivity contribution in [3.05, 3.63) is 29.8 Å². The molecule has 0 aromatic heterocycles. The number of alkyl halides is 3. The molecule has 0 amide bonds. The van der Waals surface area contributed by atoms with Crippen molar-refractivity contribution in [3.8, 4) is 5.75 Å². The summed E-state index contributed by atoms with van der Waals surface area (Å²) in [7, 11) is 0. The van der Waals surface area contributed by atoms with E-state index in [2.05, 4.69) is 9.68 Å². The molecule has 0 spiro atoms. The van der Waals surface area contributed by atoms with Crippen LogP contribution in [0.1, 0.15) is 5.56 Å². The Hall–Kier alpha value is -1.30. The molecule has 1 rings (SSSR count). The first-order valence-corrected chi connectivity index (χ1v) is 3.59. The molecule has 0 fully saturated rings. The van der Waals surface area contributed by atoms with E-state index in [9.17, 15) is 17.7 Å². The van der Waals surface area contributed by atoms with Gasteiger partial charge in [-0.1, -0.05) is 12.1 Å². The van der Waals surface area contributed by atoms with Crippen molar-refractivity contribution in [1.82, 2.24) is 0 Å². The molecular formula is C8H6F4O2. The van der Waals surface area contributed by atoms with Gasteiger partial charge in [0.2, 0.25) is 0 Å². The van der Waals surface area contributed by atoms with E-state index >= 15 is 0 Å². The fourth-order valence-electron chi connectivity index (χ4n) is 0.850. The standard InChI is InChI=1S/C8H6F4O2/c9-8(10,11)14-7-3-1-6(2-4-7)5-13-12/h1-4H,5H2. The van der Waals surface area contributed by atoms with Crippen LogP contribution >= 0.6 is 0 Å². The van der Waals surface area contributed by atoms with Crippen LogP contribution in [0.15, 0.2) is 24.3 Å². The quantitative estimate of drug-likeness (QED) is 0.714. The normalized spacial score (nSPS) is 11.4. The molecule has 0 radical (unpaired) electrons. The van der Waals surface area contributed by atoms with Crippen LogP contribution in [0.5, 0.6) is 5.75 Å². The minimum atomic E-state index is -4.71. The van der Waals surface area contributed by atoms with Gasteiger partial charge in [-0.2, -0.15) is 4.94 Å². The minimum Gasteiger partial charge on any atom is -0.406 e. The number of benzene rings is 1. The molecule has 0 N–H and O–H groups in total. The Morgan fingerprint density at radius 3 is 2.07 bits per heavy atom. The predicted molar refractivity (Wildman–Crippen MR) is 39.0 cm³/mol. The number of rotatable bonds is 3. The smallest absolute Gasteiger partial charge is 0.406 e. The van der Waals surface area contributed by atoms with Crippen molar-refractivity contribution >= 4 is 0 Å². The van der Waals surface area contributed by atoms with Crippen molar-refractivity contribution in [1.29, 1.82) is 0 Å². The second-order valence-corrected chi connectivity index (χ2v) is 2.45. The molecule has 1 aromatic rings. The second kappa shape index (κ2) is 4.28. The SMILES string of the molecule is FOCc1ccc(OC(F)(F)F)cc1. The van der Waals surface area contributed by atoms with Gasteiger partial charge in [0.1, 0.15) is 12.4 Å². The van der Waals surface area contributed by atoms with Gasteiger partial charge in [-0.25, -0.2) is 0 Å².